The quantitative estimate of drug-likeness (QED) is 0.381. The largest absolute Gasteiger partial charge is 0.507 e. The molecule has 160 valence electrons. The Bertz CT molecular complexity index is 1200. The van der Waals surface area contributed by atoms with Crippen molar-refractivity contribution in [2.75, 3.05) is 7.11 Å². The van der Waals surface area contributed by atoms with E-state index < -0.39 is 5.43 Å². The van der Waals surface area contributed by atoms with Crippen LogP contribution in [0.5, 0.6) is 23.0 Å². The molecule has 0 radical (unpaired) electrons. The highest BCUT2D eigenvalue weighted by Crippen LogP contribution is 2.41. The van der Waals surface area contributed by atoms with Crippen LogP contribution in [0.1, 0.15) is 45.2 Å². The number of allylic oxidation sites excluding steroid dienone is 2. The van der Waals surface area contributed by atoms with Crippen LogP contribution >= 0.6 is 0 Å². The first-order valence-corrected chi connectivity index (χ1v) is 10.0. The fourth-order valence-corrected chi connectivity index (χ4v) is 3.63. The molecule has 0 saturated heterocycles. The fourth-order valence-electron chi connectivity index (χ4n) is 3.63. The molecule has 1 heterocycles. The van der Waals surface area contributed by atoms with Gasteiger partial charge in [-0.25, -0.2) is 0 Å². The number of ether oxygens (including phenoxy) is 1. The molecule has 30 heavy (non-hydrogen) atoms. The van der Waals surface area contributed by atoms with Crippen molar-refractivity contribution in [1.29, 1.82) is 0 Å². The van der Waals surface area contributed by atoms with Gasteiger partial charge in [0.25, 0.3) is 0 Å². The number of phenols is 3. The first kappa shape index (κ1) is 21.6. The maximum Gasteiger partial charge on any atom is 0.204 e. The van der Waals surface area contributed by atoms with Gasteiger partial charge in [0.05, 0.1) is 12.5 Å². The lowest BCUT2D eigenvalue weighted by molar-refractivity contribution is 0.368. The first-order valence-electron chi connectivity index (χ1n) is 10.0. The summed E-state index contributed by atoms with van der Waals surface area (Å²) >= 11 is 0. The van der Waals surface area contributed by atoms with Crippen LogP contribution in [0.25, 0.3) is 21.9 Å². The van der Waals surface area contributed by atoms with Crippen molar-refractivity contribution in [2.45, 2.75) is 47.0 Å². The molecule has 6 heteroatoms. The topological polar surface area (TPSA) is 100 Å². The molecule has 1 aromatic heterocycles. The van der Waals surface area contributed by atoms with E-state index >= 15 is 0 Å². The Morgan fingerprint density at radius 1 is 1.07 bits per heavy atom. The molecular formula is C24H28O6. The highest BCUT2D eigenvalue weighted by Gasteiger charge is 2.23. The fraction of sp³-hybridized carbons (Fsp3) is 0.375. The van der Waals surface area contributed by atoms with Crippen molar-refractivity contribution in [3.05, 3.63) is 45.1 Å². The van der Waals surface area contributed by atoms with Gasteiger partial charge in [0, 0.05) is 23.3 Å². The molecule has 0 spiro atoms. The van der Waals surface area contributed by atoms with Crippen LogP contribution in [0.15, 0.2) is 33.0 Å². The second-order valence-electron chi connectivity index (χ2n) is 8.23. The molecule has 0 fully saturated rings. The van der Waals surface area contributed by atoms with Gasteiger partial charge in [-0.3, -0.25) is 4.79 Å². The van der Waals surface area contributed by atoms with Crippen molar-refractivity contribution in [1.82, 2.24) is 0 Å². The molecule has 2 aromatic carbocycles. The second-order valence-corrected chi connectivity index (χ2v) is 8.23. The third-order valence-corrected chi connectivity index (χ3v) is 5.23. The van der Waals surface area contributed by atoms with Crippen LogP contribution in [0.2, 0.25) is 0 Å². The van der Waals surface area contributed by atoms with Gasteiger partial charge in [-0.2, -0.15) is 0 Å². The number of rotatable bonds is 6. The third-order valence-electron chi connectivity index (χ3n) is 5.23. The van der Waals surface area contributed by atoms with E-state index in [1.54, 1.807) is 0 Å². The predicted molar refractivity (Wildman–Crippen MR) is 118 cm³/mol. The predicted octanol–water partition coefficient (Wildman–Crippen LogP) is 5.17. The summed E-state index contributed by atoms with van der Waals surface area (Å²) in [4.78, 5) is 13.5. The van der Waals surface area contributed by atoms with E-state index in [-0.39, 0.29) is 56.9 Å². The molecule has 0 aliphatic carbocycles. The summed E-state index contributed by atoms with van der Waals surface area (Å²) in [5.41, 5.74) is 1.66. The molecule has 0 atom stereocenters. The Morgan fingerprint density at radius 3 is 2.30 bits per heavy atom. The van der Waals surface area contributed by atoms with E-state index in [0.717, 1.165) is 12.0 Å². The summed E-state index contributed by atoms with van der Waals surface area (Å²) < 4.78 is 11.2. The van der Waals surface area contributed by atoms with Gasteiger partial charge >= 0.3 is 0 Å². The van der Waals surface area contributed by atoms with Gasteiger partial charge in [-0.1, -0.05) is 25.5 Å². The zero-order valence-corrected chi connectivity index (χ0v) is 18.0. The van der Waals surface area contributed by atoms with Crippen LogP contribution in [0.3, 0.4) is 0 Å². The van der Waals surface area contributed by atoms with Gasteiger partial charge < -0.3 is 24.5 Å². The Morgan fingerprint density at radius 2 is 1.70 bits per heavy atom. The van der Waals surface area contributed by atoms with Crippen molar-refractivity contribution >= 4 is 21.9 Å². The van der Waals surface area contributed by atoms with Crippen LogP contribution in [-0.4, -0.2) is 22.4 Å². The van der Waals surface area contributed by atoms with Crippen LogP contribution in [0.4, 0.5) is 0 Å². The minimum Gasteiger partial charge on any atom is -0.507 e. The van der Waals surface area contributed by atoms with E-state index in [9.17, 15) is 20.1 Å². The van der Waals surface area contributed by atoms with E-state index in [1.165, 1.54) is 19.2 Å². The van der Waals surface area contributed by atoms with Crippen molar-refractivity contribution in [3.63, 3.8) is 0 Å². The van der Waals surface area contributed by atoms with Gasteiger partial charge in [0.1, 0.15) is 28.1 Å². The molecule has 0 bridgehead atoms. The lowest BCUT2D eigenvalue weighted by atomic mass is 9.96. The molecule has 3 aromatic rings. The SMILES string of the molecule is COc1c(O)cc2oc3cc(O)c(CC=C(C)C)c(O)c3c(=O)c2c1CCC(C)C. The van der Waals surface area contributed by atoms with Crippen LogP contribution < -0.4 is 10.2 Å². The van der Waals surface area contributed by atoms with Crippen LogP contribution in [-0.2, 0) is 12.8 Å². The number of phenolic OH excluding ortho intramolecular Hbond substituents is 3. The lowest BCUT2D eigenvalue weighted by Crippen LogP contribution is -2.09. The summed E-state index contributed by atoms with van der Waals surface area (Å²) in [5, 5.41) is 31.9. The number of hydrogen-bond acceptors (Lipinski definition) is 6. The monoisotopic (exact) mass is 412 g/mol. The molecule has 0 amide bonds. The molecule has 0 aliphatic rings. The average Bonchev–Trinajstić information content (AvgIpc) is 2.64. The molecule has 6 nitrogen and oxygen atoms in total. The van der Waals surface area contributed by atoms with Crippen molar-refractivity contribution < 1.29 is 24.5 Å². The molecule has 0 aliphatic heterocycles. The summed E-state index contributed by atoms with van der Waals surface area (Å²) in [5.74, 6) is 0.0381. The molecule has 3 N–H and O–H groups in total. The summed E-state index contributed by atoms with van der Waals surface area (Å²) in [6.07, 6.45) is 3.43. The number of fused-ring (bicyclic) bond motifs is 2. The number of aryl methyl sites for hydroxylation is 1. The molecule has 0 unspecified atom stereocenters. The number of methoxy groups -OCH3 is 1. The van der Waals surface area contributed by atoms with Crippen molar-refractivity contribution in [3.8, 4) is 23.0 Å². The maximum absolute atomic E-state index is 13.5. The molecular weight excluding hydrogens is 384 g/mol. The Labute approximate surface area is 175 Å². The molecule has 3 rings (SSSR count). The average molecular weight is 412 g/mol. The Hall–Kier alpha value is -3.15. The summed E-state index contributed by atoms with van der Waals surface area (Å²) in [6.45, 7) is 7.96. The standard InChI is InChI=1S/C24H28O6/c1-12(2)6-8-14-16(25)10-19-21(22(14)27)23(28)20-15(9-7-13(3)4)24(29-5)17(26)11-18(20)30-19/h6,10-11,13,25-27H,7-9H2,1-5H3. The van der Waals surface area contributed by atoms with Crippen LogP contribution in [0, 0.1) is 5.92 Å². The Kier molecular flexibility index (Phi) is 5.97. The summed E-state index contributed by atoms with van der Waals surface area (Å²) in [6, 6.07) is 2.66. The minimum atomic E-state index is -0.417. The highest BCUT2D eigenvalue weighted by atomic mass is 16.5. The lowest BCUT2D eigenvalue weighted by Gasteiger charge is -2.15. The van der Waals surface area contributed by atoms with E-state index in [4.69, 9.17) is 9.15 Å². The second kappa shape index (κ2) is 8.30. The highest BCUT2D eigenvalue weighted by molar-refractivity contribution is 5.97. The maximum atomic E-state index is 13.5. The first-order chi connectivity index (χ1) is 14.1. The Balaban J connectivity index is 2.41. The normalized spacial score (nSPS) is 11.4. The van der Waals surface area contributed by atoms with Gasteiger partial charge in [-0.05, 0) is 39.0 Å². The smallest absolute Gasteiger partial charge is 0.204 e. The number of hydrogen-bond donors (Lipinski definition) is 3. The zero-order valence-electron chi connectivity index (χ0n) is 18.0. The third kappa shape index (κ3) is 3.82. The van der Waals surface area contributed by atoms with E-state index in [2.05, 4.69) is 13.8 Å². The van der Waals surface area contributed by atoms with E-state index in [1.807, 2.05) is 19.9 Å². The number of aromatic hydroxyl groups is 3. The summed E-state index contributed by atoms with van der Waals surface area (Å²) in [7, 11) is 1.44. The van der Waals surface area contributed by atoms with Gasteiger partial charge in [0.15, 0.2) is 11.5 Å². The van der Waals surface area contributed by atoms with Gasteiger partial charge in [-0.15, -0.1) is 0 Å². The number of benzene rings is 2. The van der Waals surface area contributed by atoms with Gasteiger partial charge in [0.2, 0.25) is 5.43 Å². The van der Waals surface area contributed by atoms with E-state index in [0.29, 0.717) is 17.9 Å². The zero-order chi connectivity index (χ0) is 22.2. The minimum absolute atomic E-state index is 0.0102. The van der Waals surface area contributed by atoms with Crippen molar-refractivity contribution in [2.24, 2.45) is 5.92 Å². The molecule has 0 saturated carbocycles.